The van der Waals surface area contributed by atoms with E-state index in [1.165, 1.54) is 5.56 Å². The van der Waals surface area contributed by atoms with Gasteiger partial charge >= 0.3 is 0 Å². The molecule has 20 heavy (non-hydrogen) atoms. The zero-order valence-electron chi connectivity index (χ0n) is 13.6. The number of carbonyl (C=O) groups is 1. The Kier molecular flexibility index (Phi) is 5.94. The zero-order valence-corrected chi connectivity index (χ0v) is 13.6. The Morgan fingerprint density at radius 2 is 1.85 bits per heavy atom. The number of hydrogen-bond acceptors (Lipinski definition) is 2. The van der Waals surface area contributed by atoms with Crippen LogP contribution in [0.3, 0.4) is 0 Å². The number of aryl methyl sites for hydroxylation is 2. The van der Waals surface area contributed by atoms with Crippen LogP contribution >= 0.6 is 0 Å². The van der Waals surface area contributed by atoms with Gasteiger partial charge in [0.2, 0.25) is 0 Å². The molecule has 1 aromatic rings. The van der Waals surface area contributed by atoms with Gasteiger partial charge in [-0.3, -0.25) is 4.79 Å². The zero-order chi connectivity index (χ0) is 15.3. The Morgan fingerprint density at radius 1 is 1.20 bits per heavy atom. The molecule has 2 N–H and O–H groups in total. The van der Waals surface area contributed by atoms with Crippen molar-refractivity contribution in [3.05, 3.63) is 34.9 Å². The first kappa shape index (κ1) is 16.9. The largest absolute Gasteiger partial charge is 0.330 e. The van der Waals surface area contributed by atoms with Gasteiger partial charge in [-0.2, -0.15) is 0 Å². The molecule has 1 atom stereocenters. The molecule has 0 saturated carbocycles. The molecule has 112 valence electrons. The summed E-state index contributed by atoms with van der Waals surface area (Å²) in [5.74, 6) is 0.760. The van der Waals surface area contributed by atoms with Gasteiger partial charge < -0.3 is 5.73 Å². The lowest BCUT2D eigenvalue weighted by atomic mass is 9.75. The molecule has 0 spiro atoms. The second-order valence-electron chi connectivity index (χ2n) is 6.92. The predicted molar refractivity (Wildman–Crippen MR) is 86.1 cm³/mol. The van der Waals surface area contributed by atoms with Crippen molar-refractivity contribution in [1.29, 1.82) is 0 Å². The molecule has 1 unspecified atom stereocenters. The quantitative estimate of drug-likeness (QED) is 0.787. The molecule has 0 aromatic heterocycles. The molecule has 2 nitrogen and oxygen atoms in total. The predicted octanol–water partition coefficient (Wildman–Crippen LogP) is 4.28. The van der Waals surface area contributed by atoms with Crippen LogP contribution in [0.25, 0.3) is 0 Å². The third-order valence-corrected chi connectivity index (χ3v) is 4.14. The van der Waals surface area contributed by atoms with Crippen LogP contribution < -0.4 is 5.73 Å². The van der Waals surface area contributed by atoms with E-state index in [-0.39, 0.29) is 11.2 Å². The van der Waals surface area contributed by atoms with Gasteiger partial charge in [0.05, 0.1) is 0 Å². The van der Waals surface area contributed by atoms with E-state index in [1.807, 2.05) is 19.1 Å². The first-order valence-corrected chi connectivity index (χ1v) is 7.56. The number of carbonyl (C=O) groups excluding carboxylic acids is 1. The maximum Gasteiger partial charge on any atom is 0.163 e. The van der Waals surface area contributed by atoms with E-state index in [2.05, 4.69) is 33.8 Å². The molecule has 0 bridgehead atoms. The van der Waals surface area contributed by atoms with Crippen LogP contribution in [-0.2, 0) is 0 Å². The molecule has 2 heteroatoms. The van der Waals surface area contributed by atoms with Gasteiger partial charge in [-0.1, -0.05) is 44.5 Å². The standard InChI is InChI=1S/C18H29NO/c1-13-6-8-16(14(2)12-13)17(20)9-7-15(10-11-19)18(3,4)5/h6,8,12,15H,7,9-11,19H2,1-5H3. The number of nitrogens with two attached hydrogens (primary N) is 1. The van der Waals surface area contributed by atoms with Crippen LogP contribution in [0.1, 0.15) is 61.5 Å². The molecule has 0 aliphatic carbocycles. The van der Waals surface area contributed by atoms with E-state index < -0.39 is 0 Å². The second kappa shape index (κ2) is 7.03. The summed E-state index contributed by atoms with van der Waals surface area (Å²) in [6.07, 6.45) is 2.53. The minimum absolute atomic E-state index is 0.210. The third-order valence-electron chi connectivity index (χ3n) is 4.14. The molecule has 0 aliphatic rings. The lowest BCUT2D eigenvalue weighted by Crippen LogP contribution is -2.24. The lowest BCUT2D eigenvalue weighted by Gasteiger charge is -2.30. The molecule has 0 saturated heterocycles. The summed E-state index contributed by atoms with van der Waals surface area (Å²) in [6, 6.07) is 6.05. The highest BCUT2D eigenvalue weighted by Gasteiger charge is 2.24. The smallest absolute Gasteiger partial charge is 0.163 e. The third kappa shape index (κ3) is 4.75. The van der Waals surface area contributed by atoms with Crippen molar-refractivity contribution in [2.75, 3.05) is 6.54 Å². The Labute approximate surface area is 123 Å². The molecule has 0 fully saturated rings. The van der Waals surface area contributed by atoms with Crippen LogP contribution in [0.15, 0.2) is 18.2 Å². The van der Waals surface area contributed by atoms with Crippen molar-refractivity contribution >= 4 is 5.78 Å². The summed E-state index contributed by atoms with van der Waals surface area (Å²) >= 11 is 0. The normalized spacial score (nSPS) is 13.3. The first-order valence-electron chi connectivity index (χ1n) is 7.56. The Bertz CT molecular complexity index is 457. The molecular formula is C18H29NO. The van der Waals surface area contributed by atoms with Crippen LogP contribution in [0.4, 0.5) is 0 Å². The van der Waals surface area contributed by atoms with E-state index in [9.17, 15) is 4.79 Å². The minimum Gasteiger partial charge on any atom is -0.330 e. The van der Waals surface area contributed by atoms with E-state index in [4.69, 9.17) is 5.73 Å². The monoisotopic (exact) mass is 275 g/mol. The van der Waals surface area contributed by atoms with E-state index in [1.54, 1.807) is 0 Å². The number of rotatable bonds is 6. The SMILES string of the molecule is Cc1ccc(C(=O)CCC(CCN)C(C)(C)C)c(C)c1. The summed E-state index contributed by atoms with van der Waals surface area (Å²) < 4.78 is 0. The fourth-order valence-electron chi connectivity index (χ4n) is 2.78. The highest BCUT2D eigenvalue weighted by molar-refractivity contribution is 5.97. The van der Waals surface area contributed by atoms with Crippen molar-refractivity contribution in [3.63, 3.8) is 0 Å². The number of benzene rings is 1. The Hall–Kier alpha value is -1.15. The minimum atomic E-state index is 0.210. The maximum absolute atomic E-state index is 12.4. The number of ketones is 1. The van der Waals surface area contributed by atoms with Gasteiger partial charge in [0.25, 0.3) is 0 Å². The first-order chi connectivity index (χ1) is 9.25. The van der Waals surface area contributed by atoms with E-state index in [0.29, 0.717) is 18.9 Å². The molecule has 1 rings (SSSR count). The fraction of sp³-hybridized carbons (Fsp3) is 0.611. The van der Waals surface area contributed by atoms with Gasteiger partial charge in [0.15, 0.2) is 5.78 Å². The Balaban J connectivity index is 2.70. The van der Waals surface area contributed by atoms with E-state index in [0.717, 1.165) is 24.0 Å². The molecule has 0 radical (unpaired) electrons. The summed E-state index contributed by atoms with van der Waals surface area (Å²) in [5, 5.41) is 0. The average molecular weight is 275 g/mol. The van der Waals surface area contributed by atoms with Crippen LogP contribution in [0.5, 0.6) is 0 Å². The van der Waals surface area contributed by atoms with Gasteiger partial charge in [-0.15, -0.1) is 0 Å². The molecule has 0 heterocycles. The van der Waals surface area contributed by atoms with Crippen LogP contribution in [-0.4, -0.2) is 12.3 Å². The van der Waals surface area contributed by atoms with Gasteiger partial charge in [-0.05, 0) is 50.1 Å². The molecule has 0 aliphatic heterocycles. The van der Waals surface area contributed by atoms with Gasteiger partial charge in [-0.25, -0.2) is 0 Å². The molecule has 1 aromatic carbocycles. The number of hydrogen-bond donors (Lipinski definition) is 1. The Morgan fingerprint density at radius 3 is 2.35 bits per heavy atom. The van der Waals surface area contributed by atoms with Crippen molar-refractivity contribution in [3.8, 4) is 0 Å². The van der Waals surface area contributed by atoms with E-state index >= 15 is 0 Å². The highest BCUT2D eigenvalue weighted by Crippen LogP contribution is 2.32. The molecule has 0 amide bonds. The topological polar surface area (TPSA) is 43.1 Å². The van der Waals surface area contributed by atoms with Crippen molar-refractivity contribution in [2.45, 2.75) is 53.9 Å². The van der Waals surface area contributed by atoms with Crippen molar-refractivity contribution in [2.24, 2.45) is 17.1 Å². The second-order valence-corrected chi connectivity index (χ2v) is 6.92. The maximum atomic E-state index is 12.4. The van der Waals surface area contributed by atoms with Crippen molar-refractivity contribution < 1.29 is 4.79 Å². The van der Waals surface area contributed by atoms with Gasteiger partial charge in [0, 0.05) is 12.0 Å². The highest BCUT2D eigenvalue weighted by atomic mass is 16.1. The molecular weight excluding hydrogens is 246 g/mol. The number of Topliss-reactive ketones (excluding diaryl/α,β-unsaturated/α-hetero) is 1. The lowest BCUT2D eigenvalue weighted by molar-refractivity contribution is 0.0957. The fourth-order valence-corrected chi connectivity index (χ4v) is 2.78. The van der Waals surface area contributed by atoms with Crippen molar-refractivity contribution in [1.82, 2.24) is 0 Å². The van der Waals surface area contributed by atoms with Gasteiger partial charge in [0.1, 0.15) is 0 Å². The summed E-state index contributed by atoms with van der Waals surface area (Å²) in [6.45, 7) is 11.5. The van der Waals surface area contributed by atoms with Crippen LogP contribution in [0, 0.1) is 25.2 Å². The summed E-state index contributed by atoms with van der Waals surface area (Å²) in [4.78, 5) is 12.4. The summed E-state index contributed by atoms with van der Waals surface area (Å²) in [5.41, 5.74) is 9.07. The summed E-state index contributed by atoms with van der Waals surface area (Å²) in [7, 11) is 0. The van der Waals surface area contributed by atoms with Crippen LogP contribution in [0.2, 0.25) is 0 Å². The average Bonchev–Trinajstić information content (AvgIpc) is 2.32.